The number of likely N-dealkylation sites (tertiary alicyclic amines) is 1. The number of hydrogen-bond donors (Lipinski definition) is 2. The lowest BCUT2D eigenvalue weighted by atomic mass is 9.82. The number of likely N-dealkylation sites (N-methyl/N-ethyl adjacent to an activating group) is 1. The number of piperazine rings is 1. The van der Waals surface area contributed by atoms with E-state index in [2.05, 4.69) is 34.7 Å². The van der Waals surface area contributed by atoms with Gasteiger partial charge in [0.05, 0.1) is 6.20 Å². The monoisotopic (exact) mass is 545 g/mol. The molecule has 2 aliphatic rings. The molecule has 1 amide bonds. The molecule has 3 heterocycles. The molecule has 1 spiro atoms. The summed E-state index contributed by atoms with van der Waals surface area (Å²) in [6.45, 7) is 9.01. The topological polar surface area (TPSA) is 119 Å². The highest BCUT2D eigenvalue weighted by atomic mass is 19.4. The zero-order valence-corrected chi connectivity index (χ0v) is 20.2. The molecule has 0 bridgehead atoms. The van der Waals surface area contributed by atoms with Gasteiger partial charge in [-0.3, -0.25) is 19.3 Å². The first-order valence-corrected chi connectivity index (χ1v) is 10.9. The minimum Gasteiger partial charge on any atom is -0.475 e. The van der Waals surface area contributed by atoms with Gasteiger partial charge in [0.25, 0.3) is 0 Å². The number of halogens is 6. The van der Waals surface area contributed by atoms with Crippen LogP contribution < -0.4 is 0 Å². The van der Waals surface area contributed by atoms with Crippen LogP contribution in [0, 0.1) is 0 Å². The molecule has 2 aliphatic heterocycles. The van der Waals surface area contributed by atoms with Crippen molar-refractivity contribution in [2.24, 2.45) is 7.05 Å². The van der Waals surface area contributed by atoms with Crippen LogP contribution in [-0.2, 0) is 28.0 Å². The molecule has 0 atom stereocenters. The third-order valence-electron chi connectivity index (χ3n) is 5.80. The van der Waals surface area contributed by atoms with Crippen LogP contribution in [0.1, 0.15) is 18.4 Å². The molecule has 37 heavy (non-hydrogen) atoms. The average Bonchev–Trinajstić information content (AvgIpc) is 3.19. The summed E-state index contributed by atoms with van der Waals surface area (Å²) in [5.74, 6) is -5.23. The molecule has 2 saturated heterocycles. The van der Waals surface area contributed by atoms with E-state index < -0.39 is 24.3 Å². The molecule has 2 N–H and O–H groups in total. The first-order chi connectivity index (χ1) is 16.9. The summed E-state index contributed by atoms with van der Waals surface area (Å²) in [7, 11) is 4.04. The molecular weight excluding hydrogens is 516 g/mol. The number of carbonyl (C=O) groups is 3. The van der Waals surface area contributed by atoms with Crippen LogP contribution in [0.4, 0.5) is 26.3 Å². The Labute approximate surface area is 208 Å². The number of carboxylic acids is 2. The average molecular weight is 545 g/mol. The van der Waals surface area contributed by atoms with Crippen LogP contribution in [0.25, 0.3) is 0 Å². The molecular formula is C21H29F6N5O5. The quantitative estimate of drug-likeness (QED) is 0.436. The molecule has 210 valence electrons. The fourth-order valence-electron chi connectivity index (χ4n) is 3.86. The number of hydrogen-bond acceptors (Lipinski definition) is 6. The van der Waals surface area contributed by atoms with Crippen molar-refractivity contribution in [3.05, 3.63) is 30.6 Å². The van der Waals surface area contributed by atoms with Crippen molar-refractivity contribution in [1.82, 2.24) is 24.5 Å². The molecule has 0 saturated carbocycles. The number of carbonyl (C=O) groups excluding carboxylic acids is 1. The summed E-state index contributed by atoms with van der Waals surface area (Å²) in [4.78, 5) is 37.4. The van der Waals surface area contributed by atoms with E-state index in [-0.39, 0.29) is 11.4 Å². The van der Waals surface area contributed by atoms with Crippen molar-refractivity contribution >= 4 is 17.8 Å². The van der Waals surface area contributed by atoms with Gasteiger partial charge in [-0.1, -0.05) is 6.08 Å². The van der Waals surface area contributed by atoms with Gasteiger partial charge in [0.15, 0.2) is 0 Å². The van der Waals surface area contributed by atoms with Crippen molar-refractivity contribution in [2.45, 2.75) is 37.3 Å². The Hall–Kier alpha value is -3.14. The van der Waals surface area contributed by atoms with Gasteiger partial charge in [0.2, 0.25) is 5.91 Å². The Bertz CT molecular complexity index is 917. The van der Waals surface area contributed by atoms with Gasteiger partial charge in [-0.15, -0.1) is 6.58 Å². The molecule has 2 fully saturated rings. The summed E-state index contributed by atoms with van der Waals surface area (Å²) in [5, 5.41) is 18.5. The molecule has 3 rings (SSSR count). The molecule has 1 aromatic heterocycles. The largest absolute Gasteiger partial charge is 0.490 e. The molecule has 0 radical (unpaired) electrons. The van der Waals surface area contributed by atoms with Gasteiger partial charge in [-0.2, -0.15) is 31.4 Å². The minimum absolute atomic E-state index is 0.284. The predicted octanol–water partition coefficient (Wildman–Crippen LogP) is 1.98. The second-order valence-electron chi connectivity index (χ2n) is 8.40. The molecule has 0 aliphatic carbocycles. The summed E-state index contributed by atoms with van der Waals surface area (Å²) >= 11 is 0. The Kier molecular flexibility index (Phi) is 11.1. The minimum atomic E-state index is -5.08. The van der Waals surface area contributed by atoms with Gasteiger partial charge >= 0.3 is 24.3 Å². The van der Waals surface area contributed by atoms with E-state index in [1.165, 1.54) is 5.56 Å². The Balaban J connectivity index is 0.000000404. The lowest BCUT2D eigenvalue weighted by Gasteiger charge is -2.51. The number of aromatic nitrogens is 2. The summed E-state index contributed by atoms with van der Waals surface area (Å²) in [5.41, 5.74) is 0.923. The smallest absolute Gasteiger partial charge is 0.475 e. The Morgan fingerprint density at radius 3 is 1.89 bits per heavy atom. The lowest BCUT2D eigenvalue weighted by Crippen LogP contribution is -2.67. The number of aryl methyl sites for hydroxylation is 1. The molecule has 10 nitrogen and oxygen atoms in total. The number of alkyl halides is 6. The van der Waals surface area contributed by atoms with E-state index in [9.17, 15) is 31.1 Å². The van der Waals surface area contributed by atoms with Crippen molar-refractivity contribution in [3.63, 3.8) is 0 Å². The molecule has 16 heteroatoms. The predicted molar refractivity (Wildman–Crippen MR) is 117 cm³/mol. The lowest BCUT2D eigenvalue weighted by molar-refractivity contribution is -0.193. The third-order valence-corrected chi connectivity index (χ3v) is 5.80. The number of rotatable bonds is 4. The standard InChI is InChI=1S/C17H27N5O.2C2HF3O2/c1-4-7-22-11-10-19(2)17(16(22)23)5-8-21(9-6-17)14-15-12-18-20(3)13-15;2*3-2(4,5)1(6)7/h4,12-13H,1,5-11,14H2,2-3H3;2*(H,6,7). The first kappa shape index (κ1) is 31.9. The van der Waals surface area contributed by atoms with Crippen LogP contribution >= 0.6 is 0 Å². The maximum atomic E-state index is 13.0. The second-order valence-corrected chi connectivity index (χ2v) is 8.40. The molecule has 0 aromatic carbocycles. The molecule has 0 unspecified atom stereocenters. The summed E-state index contributed by atoms with van der Waals surface area (Å²) in [6, 6.07) is 0. The van der Waals surface area contributed by atoms with Crippen molar-refractivity contribution < 1.29 is 50.9 Å². The van der Waals surface area contributed by atoms with E-state index in [1.807, 2.05) is 28.9 Å². The van der Waals surface area contributed by atoms with Gasteiger partial charge in [0.1, 0.15) is 5.54 Å². The highest BCUT2D eigenvalue weighted by molar-refractivity contribution is 5.87. The first-order valence-electron chi connectivity index (χ1n) is 10.9. The highest BCUT2D eigenvalue weighted by Gasteiger charge is 2.48. The van der Waals surface area contributed by atoms with E-state index in [0.717, 1.165) is 45.6 Å². The zero-order chi connectivity index (χ0) is 28.6. The number of aliphatic carboxylic acids is 2. The number of nitrogens with zero attached hydrogens (tertiary/aromatic N) is 5. The highest BCUT2D eigenvalue weighted by Crippen LogP contribution is 2.33. The zero-order valence-electron chi connectivity index (χ0n) is 20.2. The fraction of sp³-hybridized carbons (Fsp3) is 0.619. The number of amides is 1. The maximum absolute atomic E-state index is 13.0. The van der Waals surface area contributed by atoms with Crippen molar-refractivity contribution in [1.29, 1.82) is 0 Å². The summed E-state index contributed by atoms with van der Waals surface area (Å²) in [6.07, 6.45) is -2.55. The van der Waals surface area contributed by atoms with Crippen LogP contribution in [0.15, 0.2) is 25.0 Å². The summed E-state index contributed by atoms with van der Waals surface area (Å²) < 4.78 is 65.3. The maximum Gasteiger partial charge on any atom is 0.490 e. The fourth-order valence-corrected chi connectivity index (χ4v) is 3.86. The Morgan fingerprint density at radius 1 is 1.03 bits per heavy atom. The Morgan fingerprint density at radius 2 is 1.51 bits per heavy atom. The van der Waals surface area contributed by atoms with Crippen LogP contribution in [-0.4, -0.2) is 110 Å². The van der Waals surface area contributed by atoms with E-state index in [0.29, 0.717) is 6.54 Å². The van der Waals surface area contributed by atoms with Crippen molar-refractivity contribution in [3.8, 4) is 0 Å². The van der Waals surface area contributed by atoms with Crippen molar-refractivity contribution in [2.75, 3.05) is 39.8 Å². The SMILES string of the molecule is C=CCN1CCN(C)C2(CCN(Cc3cnn(C)c3)CC2)C1=O.O=C(O)C(F)(F)F.O=C(O)C(F)(F)F. The van der Waals surface area contributed by atoms with Gasteiger partial charge < -0.3 is 15.1 Å². The van der Waals surface area contributed by atoms with Crippen LogP contribution in [0.5, 0.6) is 0 Å². The normalized spacial score (nSPS) is 18.4. The third kappa shape index (κ3) is 9.35. The van der Waals surface area contributed by atoms with Crippen LogP contribution in [0.3, 0.4) is 0 Å². The van der Waals surface area contributed by atoms with E-state index >= 15 is 0 Å². The van der Waals surface area contributed by atoms with Crippen LogP contribution in [0.2, 0.25) is 0 Å². The second kappa shape index (κ2) is 12.9. The van der Waals surface area contributed by atoms with Gasteiger partial charge in [0, 0.05) is 58.1 Å². The number of carboxylic acid groups (broad SMARTS) is 2. The van der Waals surface area contributed by atoms with Gasteiger partial charge in [-0.25, -0.2) is 9.59 Å². The van der Waals surface area contributed by atoms with E-state index in [4.69, 9.17) is 19.8 Å². The van der Waals surface area contributed by atoms with Gasteiger partial charge in [-0.05, 0) is 19.9 Å². The number of piperidine rings is 1. The molecule has 1 aromatic rings. The van der Waals surface area contributed by atoms with E-state index in [1.54, 1.807) is 0 Å².